The average molecular weight is 306 g/mol. The summed E-state index contributed by atoms with van der Waals surface area (Å²) in [4.78, 5) is 8.32. The van der Waals surface area contributed by atoms with E-state index in [4.69, 9.17) is 4.74 Å². The Labute approximate surface area is 122 Å². The van der Waals surface area contributed by atoms with Crippen molar-refractivity contribution >= 4 is 9.84 Å². The molecule has 1 aromatic carbocycles. The molecule has 0 aliphatic carbocycles. The van der Waals surface area contributed by atoms with Crippen LogP contribution < -0.4 is 4.74 Å². The van der Waals surface area contributed by atoms with Crippen molar-refractivity contribution in [2.24, 2.45) is 0 Å². The lowest BCUT2D eigenvalue weighted by atomic mass is 9.87. The van der Waals surface area contributed by atoms with E-state index < -0.39 is 15.4 Å². The fraction of sp³-hybridized carbons (Fsp3) is 0.286. The molecule has 21 heavy (non-hydrogen) atoms. The molecular formula is C14H14N2O4S. The standard InChI is InChI=1S/C14H14N2O4S/c1-20-13-12(15-7-8-16-13)14(17)6-9-21(18,19)11-5-3-2-4-10(11)14/h2-5,7-8,17H,6,9H2,1H3. The Hall–Kier alpha value is -1.99. The van der Waals surface area contributed by atoms with Gasteiger partial charge in [-0.2, -0.15) is 0 Å². The summed E-state index contributed by atoms with van der Waals surface area (Å²) in [5.74, 6) is 0.0364. The van der Waals surface area contributed by atoms with Crippen LogP contribution in [0, 0.1) is 0 Å². The Morgan fingerprint density at radius 1 is 1.24 bits per heavy atom. The Balaban J connectivity index is 2.28. The summed E-state index contributed by atoms with van der Waals surface area (Å²) in [6.07, 6.45) is 2.92. The van der Waals surface area contributed by atoms with Gasteiger partial charge in [0.25, 0.3) is 0 Å². The van der Waals surface area contributed by atoms with Gasteiger partial charge in [-0.3, -0.25) is 4.98 Å². The molecule has 0 saturated heterocycles. The van der Waals surface area contributed by atoms with Crippen molar-refractivity contribution in [1.82, 2.24) is 9.97 Å². The molecule has 1 aliphatic heterocycles. The molecule has 1 atom stereocenters. The second-order valence-corrected chi connectivity index (χ2v) is 6.92. The molecule has 0 spiro atoms. The first-order valence-corrected chi connectivity index (χ1v) is 8.04. The summed E-state index contributed by atoms with van der Waals surface area (Å²) in [6.45, 7) is 0. The molecule has 0 bridgehead atoms. The van der Waals surface area contributed by atoms with E-state index >= 15 is 0 Å². The monoisotopic (exact) mass is 306 g/mol. The zero-order chi connectivity index (χ0) is 15.1. The van der Waals surface area contributed by atoms with Crippen LogP contribution in [0.3, 0.4) is 0 Å². The number of aromatic nitrogens is 2. The second kappa shape index (κ2) is 4.78. The van der Waals surface area contributed by atoms with Gasteiger partial charge in [-0.05, 0) is 6.07 Å². The van der Waals surface area contributed by atoms with Crippen LogP contribution in [0.5, 0.6) is 5.88 Å². The van der Waals surface area contributed by atoms with Gasteiger partial charge in [0.2, 0.25) is 5.88 Å². The van der Waals surface area contributed by atoms with Gasteiger partial charge in [0, 0.05) is 24.4 Å². The molecular weight excluding hydrogens is 292 g/mol. The highest BCUT2D eigenvalue weighted by Crippen LogP contribution is 2.42. The van der Waals surface area contributed by atoms with Gasteiger partial charge in [-0.15, -0.1) is 0 Å². The van der Waals surface area contributed by atoms with Gasteiger partial charge in [0.1, 0.15) is 11.3 Å². The molecule has 7 heteroatoms. The van der Waals surface area contributed by atoms with Crippen molar-refractivity contribution in [3.63, 3.8) is 0 Å². The van der Waals surface area contributed by atoms with E-state index in [9.17, 15) is 13.5 Å². The minimum Gasteiger partial charge on any atom is -0.480 e. The third-order valence-corrected chi connectivity index (χ3v) is 5.42. The highest BCUT2D eigenvalue weighted by molar-refractivity contribution is 7.91. The number of hydrogen-bond acceptors (Lipinski definition) is 6. The molecule has 2 aromatic rings. The van der Waals surface area contributed by atoms with E-state index in [1.165, 1.54) is 25.6 Å². The topological polar surface area (TPSA) is 89.4 Å². The summed E-state index contributed by atoms with van der Waals surface area (Å²) in [5.41, 5.74) is -0.980. The highest BCUT2D eigenvalue weighted by atomic mass is 32.2. The van der Waals surface area contributed by atoms with E-state index in [-0.39, 0.29) is 28.6 Å². The Morgan fingerprint density at radius 3 is 2.71 bits per heavy atom. The smallest absolute Gasteiger partial charge is 0.238 e. The van der Waals surface area contributed by atoms with Crippen molar-refractivity contribution in [2.45, 2.75) is 16.9 Å². The van der Waals surface area contributed by atoms with E-state index in [1.807, 2.05) is 0 Å². The molecule has 0 amide bonds. The van der Waals surface area contributed by atoms with Crippen molar-refractivity contribution in [2.75, 3.05) is 12.9 Å². The van der Waals surface area contributed by atoms with Gasteiger partial charge in [0.15, 0.2) is 9.84 Å². The van der Waals surface area contributed by atoms with Gasteiger partial charge in [-0.1, -0.05) is 18.2 Å². The molecule has 1 aromatic heterocycles. The number of ether oxygens (including phenoxy) is 1. The van der Waals surface area contributed by atoms with E-state index in [0.29, 0.717) is 5.56 Å². The van der Waals surface area contributed by atoms with Gasteiger partial charge >= 0.3 is 0 Å². The van der Waals surface area contributed by atoms with Crippen LogP contribution in [0.15, 0.2) is 41.6 Å². The molecule has 0 fully saturated rings. The van der Waals surface area contributed by atoms with Crippen molar-refractivity contribution in [1.29, 1.82) is 0 Å². The number of hydrogen-bond donors (Lipinski definition) is 1. The summed E-state index contributed by atoms with van der Waals surface area (Å²) in [5, 5.41) is 11.1. The fourth-order valence-corrected chi connectivity index (χ4v) is 4.25. The first kappa shape index (κ1) is 14.0. The van der Waals surface area contributed by atoms with Crippen LogP contribution in [0.2, 0.25) is 0 Å². The number of nitrogens with zero attached hydrogens (tertiary/aromatic N) is 2. The maximum atomic E-state index is 12.2. The van der Waals surface area contributed by atoms with E-state index in [2.05, 4.69) is 9.97 Å². The number of rotatable bonds is 2. The maximum absolute atomic E-state index is 12.2. The zero-order valence-electron chi connectivity index (χ0n) is 11.4. The van der Waals surface area contributed by atoms with Crippen LogP contribution in [0.1, 0.15) is 17.7 Å². The fourth-order valence-electron chi connectivity index (χ4n) is 2.61. The first-order valence-electron chi connectivity index (χ1n) is 6.39. The molecule has 0 radical (unpaired) electrons. The summed E-state index contributed by atoms with van der Waals surface area (Å²) < 4.78 is 29.5. The van der Waals surface area contributed by atoms with Crippen LogP contribution in [0.25, 0.3) is 0 Å². The average Bonchev–Trinajstić information content (AvgIpc) is 2.52. The number of methoxy groups -OCH3 is 1. The molecule has 0 saturated carbocycles. The number of aliphatic hydroxyl groups is 1. The van der Waals surface area contributed by atoms with Crippen LogP contribution >= 0.6 is 0 Å². The lowest BCUT2D eigenvalue weighted by Crippen LogP contribution is -2.37. The van der Waals surface area contributed by atoms with Crippen LogP contribution in [0.4, 0.5) is 0 Å². The number of benzene rings is 1. The Kier molecular flexibility index (Phi) is 3.18. The lowest BCUT2D eigenvalue weighted by Gasteiger charge is -2.33. The van der Waals surface area contributed by atoms with Crippen molar-refractivity contribution < 1.29 is 18.3 Å². The van der Waals surface area contributed by atoms with Crippen LogP contribution in [-0.2, 0) is 15.4 Å². The number of fused-ring (bicyclic) bond motifs is 1. The normalized spacial score (nSPS) is 23.3. The van der Waals surface area contributed by atoms with E-state index in [0.717, 1.165) is 0 Å². The predicted molar refractivity (Wildman–Crippen MR) is 74.7 cm³/mol. The third kappa shape index (κ3) is 2.09. The Morgan fingerprint density at radius 2 is 1.95 bits per heavy atom. The minimum atomic E-state index is -3.39. The molecule has 110 valence electrons. The first-order chi connectivity index (χ1) is 9.99. The largest absolute Gasteiger partial charge is 0.480 e. The highest BCUT2D eigenvalue weighted by Gasteiger charge is 2.44. The Bertz CT molecular complexity index is 791. The van der Waals surface area contributed by atoms with Gasteiger partial charge < -0.3 is 9.84 Å². The van der Waals surface area contributed by atoms with Gasteiger partial charge in [-0.25, -0.2) is 13.4 Å². The minimum absolute atomic E-state index is 0.0153. The van der Waals surface area contributed by atoms with Crippen LogP contribution in [-0.4, -0.2) is 36.4 Å². The molecule has 1 N–H and O–H groups in total. The lowest BCUT2D eigenvalue weighted by molar-refractivity contribution is 0.0634. The molecule has 1 unspecified atom stereocenters. The summed E-state index contributed by atoms with van der Waals surface area (Å²) in [7, 11) is -1.96. The van der Waals surface area contributed by atoms with Crippen molar-refractivity contribution in [3.05, 3.63) is 47.9 Å². The molecule has 1 aliphatic rings. The quantitative estimate of drug-likeness (QED) is 0.886. The molecule has 2 heterocycles. The molecule has 6 nitrogen and oxygen atoms in total. The summed E-state index contributed by atoms with van der Waals surface area (Å²) in [6, 6.07) is 6.42. The summed E-state index contributed by atoms with van der Waals surface area (Å²) >= 11 is 0. The second-order valence-electron chi connectivity index (χ2n) is 4.84. The predicted octanol–water partition coefficient (Wildman–Crippen LogP) is 0.899. The SMILES string of the molecule is COc1nccnc1C1(O)CCS(=O)(=O)c2ccccc21. The van der Waals surface area contributed by atoms with Gasteiger partial charge in [0.05, 0.1) is 17.8 Å². The third-order valence-electron chi connectivity index (χ3n) is 3.65. The maximum Gasteiger partial charge on any atom is 0.238 e. The van der Waals surface area contributed by atoms with E-state index in [1.54, 1.807) is 18.2 Å². The number of sulfone groups is 1. The van der Waals surface area contributed by atoms with Crippen molar-refractivity contribution in [3.8, 4) is 5.88 Å². The zero-order valence-corrected chi connectivity index (χ0v) is 12.2. The molecule has 3 rings (SSSR count).